The van der Waals surface area contributed by atoms with Crippen LogP contribution in [0.1, 0.15) is 11.1 Å². The maximum atomic E-state index is 12.8. The van der Waals surface area contributed by atoms with E-state index in [1.54, 1.807) is 6.92 Å². The second kappa shape index (κ2) is 5.96. The summed E-state index contributed by atoms with van der Waals surface area (Å²) in [6.45, 7) is 1.54. The fraction of sp³-hybridized carbons (Fsp3) is 0.125. The number of nitrogens with zero attached hydrogens (tertiary/aromatic N) is 2. The molecule has 25 heavy (non-hydrogen) atoms. The Labute approximate surface area is 145 Å². The van der Waals surface area contributed by atoms with Crippen LogP contribution in [0.2, 0.25) is 0 Å². The minimum atomic E-state index is -4.43. The first kappa shape index (κ1) is 17.6. The fourth-order valence-corrected chi connectivity index (χ4v) is 3.31. The van der Waals surface area contributed by atoms with Crippen molar-refractivity contribution in [3.05, 3.63) is 53.7 Å². The molecule has 130 valence electrons. The van der Waals surface area contributed by atoms with E-state index in [4.69, 9.17) is 10.7 Å². The minimum Gasteiger partial charge on any atom is -0.207 e. The SMILES string of the molecule is Cc1cc(C(F)(F)F)ccc1-c1nncc2cc(S(=O)(=O)Cl)ccc12. The summed E-state index contributed by atoms with van der Waals surface area (Å²) < 4.78 is 61.3. The quantitative estimate of drug-likeness (QED) is 0.606. The van der Waals surface area contributed by atoms with Gasteiger partial charge in [0.15, 0.2) is 0 Å². The zero-order valence-electron chi connectivity index (χ0n) is 12.7. The van der Waals surface area contributed by atoms with E-state index in [2.05, 4.69) is 10.2 Å². The lowest BCUT2D eigenvalue weighted by atomic mass is 9.99. The van der Waals surface area contributed by atoms with Crippen molar-refractivity contribution in [2.45, 2.75) is 18.0 Å². The Hall–Kier alpha value is -2.19. The Bertz CT molecular complexity index is 1080. The van der Waals surface area contributed by atoms with Gasteiger partial charge in [0.1, 0.15) is 5.69 Å². The summed E-state index contributed by atoms with van der Waals surface area (Å²) in [5.41, 5.74) is 0.470. The van der Waals surface area contributed by atoms with Crippen LogP contribution in [0.4, 0.5) is 13.2 Å². The highest BCUT2D eigenvalue weighted by molar-refractivity contribution is 8.13. The molecule has 0 spiro atoms. The summed E-state index contributed by atoms with van der Waals surface area (Å²) in [6, 6.07) is 7.50. The number of alkyl halides is 3. The highest BCUT2D eigenvalue weighted by atomic mass is 35.7. The van der Waals surface area contributed by atoms with Gasteiger partial charge < -0.3 is 0 Å². The van der Waals surface area contributed by atoms with Gasteiger partial charge in [-0.25, -0.2) is 8.42 Å². The van der Waals surface area contributed by atoms with Crippen LogP contribution in [0.25, 0.3) is 22.0 Å². The van der Waals surface area contributed by atoms with Crippen molar-refractivity contribution in [3.63, 3.8) is 0 Å². The van der Waals surface area contributed by atoms with E-state index in [1.165, 1.54) is 30.5 Å². The van der Waals surface area contributed by atoms with Gasteiger partial charge in [0.05, 0.1) is 16.7 Å². The zero-order chi connectivity index (χ0) is 18.4. The molecule has 0 aliphatic rings. The van der Waals surface area contributed by atoms with Gasteiger partial charge in [-0.05, 0) is 36.8 Å². The highest BCUT2D eigenvalue weighted by Gasteiger charge is 2.30. The van der Waals surface area contributed by atoms with Gasteiger partial charge in [-0.3, -0.25) is 0 Å². The largest absolute Gasteiger partial charge is 0.416 e. The first-order chi connectivity index (χ1) is 11.6. The van der Waals surface area contributed by atoms with E-state index in [0.29, 0.717) is 27.6 Å². The molecule has 0 atom stereocenters. The smallest absolute Gasteiger partial charge is 0.207 e. The molecule has 2 aromatic carbocycles. The van der Waals surface area contributed by atoms with Crippen molar-refractivity contribution in [1.82, 2.24) is 10.2 Å². The van der Waals surface area contributed by atoms with Crippen LogP contribution in [0.15, 0.2) is 47.5 Å². The maximum Gasteiger partial charge on any atom is 0.416 e. The summed E-state index contributed by atoms with van der Waals surface area (Å²) in [5.74, 6) is 0. The number of hydrogen-bond donors (Lipinski definition) is 0. The Balaban J connectivity index is 2.20. The molecule has 0 N–H and O–H groups in total. The summed E-state index contributed by atoms with van der Waals surface area (Å²) in [4.78, 5) is -0.0928. The number of fused-ring (bicyclic) bond motifs is 1. The van der Waals surface area contributed by atoms with Crippen LogP contribution in [0.3, 0.4) is 0 Å². The molecule has 1 heterocycles. The zero-order valence-corrected chi connectivity index (χ0v) is 14.2. The lowest BCUT2D eigenvalue weighted by molar-refractivity contribution is -0.137. The molecule has 0 amide bonds. The van der Waals surface area contributed by atoms with Crippen LogP contribution >= 0.6 is 10.7 Å². The molecule has 0 aliphatic carbocycles. The lowest BCUT2D eigenvalue weighted by Gasteiger charge is -2.12. The average molecular weight is 387 g/mol. The molecule has 3 aromatic rings. The third-order valence-corrected chi connectivity index (χ3v) is 5.07. The number of rotatable bonds is 2. The Morgan fingerprint density at radius 2 is 1.80 bits per heavy atom. The van der Waals surface area contributed by atoms with Gasteiger partial charge in [0.25, 0.3) is 9.05 Å². The molecular weight excluding hydrogens is 377 g/mol. The lowest BCUT2D eigenvalue weighted by Crippen LogP contribution is -2.05. The van der Waals surface area contributed by atoms with Crippen LogP contribution in [0, 0.1) is 6.92 Å². The van der Waals surface area contributed by atoms with Crippen molar-refractivity contribution in [2.24, 2.45) is 0 Å². The summed E-state index contributed by atoms with van der Waals surface area (Å²) in [5, 5.41) is 8.84. The third-order valence-electron chi connectivity index (χ3n) is 3.72. The Kier molecular flexibility index (Phi) is 4.20. The van der Waals surface area contributed by atoms with Crippen LogP contribution in [0.5, 0.6) is 0 Å². The van der Waals surface area contributed by atoms with Crippen molar-refractivity contribution < 1.29 is 21.6 Å². The molecular formula is C16H10ClF3N2O2S. The molecule has 0 aliphatic heterocycles. The van der Waals surface area contributed by atoms with Crippen LogP contribution in [-0.4, -0.2) is 18.6 Å². The molecule has 3 rings (SSSR count). The number of benzene rings is 2. The Morgan fingerprint density at radius 1 is 1.08 bits per heavy atom. The Morgan fingerprint density at radius 3 is 2.40 bits per heavy atom. The monoisotopic (exact) mass is 386 g/mol. The minimum absolute atomic E-state index is 0.0928. The van der Waals surface area contributed by atoms with E-state index >= 15 is 0 Å². The van der Waals surface area contributed by atoms with Gasteiger partial charge in [-0.15, -0.1) is 5.10 Å². The molecule has 0 bridgehead atoms. The van der Waals surface area contributed by atoms with E-state index in [9.17, 15) is 21.6 Å². The molecule has 0 saturated heterocycles. The van der Waals surface area contributed by atoms with Crippen LogP contribution in [-0.2, 0) is 15.2 Å². The van der Waals surface area contributed by atoms with E-state index in [-0.39, 0.29) is 4.90 Å². The second-order valence-corrected chi connectivity index (χ2v) is 7.97. The van der Waals surface area contributed by atoms with Crippen molar-refractivity contribution in [1.29, 1.82) is 0 Å². The molecule has 0 fully saturated rings. The van der Waals surface area contributed by atoms with Gasteiger partial charge in [-0.2, -0.15) is 18.3 Å². The number of halogens is 4. The van der Waals surface area contributed by atoms with E-state index < -0.39 is 20.8 Å². The first-order valence-corrected chi connectivity index (χ1v) is 9.26. The molecule has 0 unspecified atom stereocenters. The van der Waals surface area contributed by atoms with Gasteiger partial charge in [0, 0.05) is 27.0 Å². The van der Waals surface area contributed by atoms with Gasteiger partial charge in [0.2, 0.25) is 0 Å². The van der Waals surface area contributed by atoms with Gasteiger partial charge in [-0.1, -0.05) is 12.1 Å². The van der Waals surface area contributed by atoms with Gasteiger partial charge >= 0.3 is 6.18 Å². The first-order valence-electron chi connectivity index (χ1n) is 6.96. The van der Waals surface area contributed by atoms with E-state index in [1.807, 2.05) is 0 Å². The predicted molar refractivity (Wildman–Crippen MR) is 87.8 cm³/mol. The molecule has 9 heteroatoms. The topological polar surface area (TPSA) is 59.9 Å². The molecule has 1 aromatic heterocycles. The number of aromatic nitrogens is 2. The highest BCUT2D eigenvalue weighted by Crippen LogP contribution is 2.35. The number of aryl methyl sites for hydroxylation is 1. The molecule has 0 radical (unpaired) electrons. The maximum absolute atomic E-state index is 12.8. The summed E-state index contributed by atoms with van der Waals surface area (Å²) in [7, 11) is 1.43. The van der Waals surface area contributed by atoms with E-state index in [0.717, 1.165) is 12.1 Å². The second-order valence-electron chi connectivity index (χ2n) is 5.41. The fourth-order valence-electron chi connectivity index (χ4n) is 2.52. The predicted octanol–water partition coefficient (Wildman–Crippen LogP) is 4.55. The number of hydrogen-bond acceptors (Lipinski definition) is 4. The summed E-state index contributed by atoms with van der Waals surface area (Å²) >= 11 is 0. The average Bonchev–Trinajstić information content (AvgIpc) is 2.52. The summed E-state index contributed by atoms with van der Waals surface area (Å²) in [6.07, 6.45) is -3.07. The van der Waals surface area contributed by atoms with Crippen molar-refractivity contribution in [2.75, 3.05) is 0 Å². The van der Waals surface area contributed by atoms with Crippen LogP contribution < -0.4 is 0 Å². The third kappa shape index (κ3) is 3.45. The van der Waals surface area contributed by atoms with Crippen molar-refractivity contribution >= 4 is 30.5 Å². The molecule has 0 saturated carbocycles. The standard InChI is InChI=1S/C16H10ClF3N2O2S/c1-9-6-11(16(18,19)20)2-4-13(9)15-14-5-3-12(25(17,23)24)7-10(14)8-21-22-15/h2-8H,1H3. The normalized spacial score (nSPS) is 12.5. The van der Waals surface area contributed by atoms with Crippen molar-refractivity contribution in [3.8, 4) is 11.3 Å². The molecule has 4 nitrogen and oxygen atoms in total.